The van der Waals surface area contributed by atoms with Gasteiger partial charge < -0.3 is 49.3 Å². The van der Waals surface area contributed by atoms with Crippen molar-refractivity contribution in [1.29, 1.82) is 0 Å². The molecule has 1 saturated heterocycles. The zero-order chi connectivity index (χ0) is 23.8. The number of hydrogen-bond acceptors (Lipinski definition) is 11. The molecule has 11 nitrogen and oxygen atoms in total. The average Bonchev–Trinajstić information content (AvgIpc) is 2.75. The Bertz CT molecular complexity index is 980. The highest BCUT2D eigenvalue weighted by Gasteiger charge is 2.47. The Labute approximate surface area is 183 Å². The van der Waals surface area contributed by atoms with Gasteiger partial charge in [0.25, 0.3) is 0 Å². The second-order valence-corrected chi connectivity index (χ2v) is 8.24. The van der Waals surface area contributed by atoms with E-state index >= 15 is 0 Å². The fourth-order valence-corrected chi connectivity index (χ4v) is 3.53. The zero-order valence-corrected chi connectivity index (χ0v) is 17.8. The summed E-state index contributed by atoms with van der Waals surface area (Å²) in [7, 11) is 1.34. The van der Waals surface area contributed by atoms with Crippen LogP contribution in [0.3, 0.4) is 0 Å². The van der Waals surface area contributed by atoms with E-state index in [1.54, 1.807) is 0 Å². The van der Waals surface area contributed by atoms with Crippen LogP contribution in [0.15, 0.2) is 33.5 Å². The predicted molar refractivity (Wildman–Crippen MR) is 109 cm³/mol. The molecule has 0 bridgehead atoms. The Morgan fingerprint density at radius 1 is 1.12 bits per heavy atom. The zero-order valence-electron chi connectivity index (χ0n) is 17.8. The monoisotopic (exact) mass is 456 g/mol. The lowest BCUT2D eigenvalue weighted by Gasteiger charge is -2.42. The maximum atomic E-state index is 11.5. The lowest BCUT2D eigenvalue weighted by Crippen LogP contribution is -2.60. The number of aliphatic hydroxyl groups is 6. The van der Waals surface area contributed by atoms with E-state index in [4.69, 9.17) is 18.6 Å². The fraction of sp³-hybridized carbons (Fsp3) is 0.571. The summed E-state index contributed by atoms with van der Waals surface area (Å²) in [5.41, 5.74) is -1.83. The Kier molecular flexibility index (Phi) is 7.22. The molecule has 0 unspecified atom stereocenters. The molecule has 0 spiro atoms. The maximum absolute atomic E-state index is 11.5. The van der Waals surface area contributed by atoms with Crippen molar-refractivity contribution in [3.05, 3.63) is 40.2 Å². The second-order valence-electron chi connectivity index (χ2n) is 8.24. The van der Waals surface area contributed by atoms with Gasteiger partial charge >= 0.3 is 5.63 Å². The number of fused-ring (bicyclic) bond motifs is 1. The van der Waals surface area contributed by atoms with Crippen LogP contribution in [0.1, 0.15) is 25.5 Å². The van der Waals surface area contributed by atoms with Crippen molar-refractivity contribution >= 4 is 11.0 Å². The molecule has 0 aliphatic carbocycles. The summed E-state index contributed by atoms with van der Waals surface area (Å²) in [6, 6.07) is 5.62. The summed E-state index contributed by atoms with van der Waals surface area (Å²) < 4.78 is 21.7. The van der Waals surface area contributed by atoms with Crippen LogP contribution in [0.4, 0.5) is 0 Å². The van der Waals surface area contributed by atoms with Gasteiger partial charge in [0.15, 0.2) is 6.29 Å². The first-order valence-electron chi connectivity index (χ1n) is 9.96. The van der Waals surface area contributed by atoms with E-state index in [2.05, 4.69) is 0 Å². The standard InChI is InChI=1S/C21H28O11/c1-21(2,28)19(27)18(32-20-17(26)16(25)15(24)13(8-22)31-20)10-6-9-4-5-14(23)30-11(9)7-12(10)29-3/h4-7,13,15-20,22,24-28H,8H2,1-3H3/t13-,15-,16+,17-,18-,19+,20+/m1/s1. The summed E-state index contributed by atoms with van der Waals surface area (Å²) in [4.78, 5) is 11.5. The van der Waals surface area contributed by atoms with Gasteiger partial charge in [0, 0.05) is 23.1 Å². The molecule has 1 aliphatic heterocycles. The Morgan fingerprint density at radius 2 is 1.81 bits per heavy atom. The average molecular weight is 456 g/mol. The molecule has 2 aromatic rings. The third kappa shape index (κ3) is 4.80. The molecule has 6 N–H and O–H groups in total. The molecule has 1 aliphatic rings. The van der Waals surface area contributed by atoms with Crippen molar-refractivity contribution in [3.8, 4) is 5.75 Å². The Balaban J connectivity index is 2.07. The number of rotatable bonds is 7. The summed E-state index contributed by atoms with van der Waals surface area (Å²) in [6.07, 6.45) is -10.8. The Hall–Kier alpha value is -2.09. The summed E-state index contributed by atoms with van der Waals surface area (Å²) in [6.45, 7) is 2.02. The third-order valence-electron chi connectivity index (χ3n) is 5.42. The van der Waals surface area contributed by atoms with Crippen molar-refractivity contribution < 1.29 is 49.3 Å². The van der Waals surface area contributed by atoms with Crippen LogP contribution in [0.2, 0.25) is 0 Å². The normalized spacial score (nSPS) is 28.5. The van der Waals surface area contributed by atoms with Gasteiger partial charge in [0.1, 0.15) is 48.0 Å². The molecule has 178 valence electrons. The van der Waals surface area contributed by atoms with Crippen LogP contribution in [0, 0.1) is 0 Å². The van der Waals surface area contributed by atoms with Crippen molar-refractivity contribution in [2.45, 2.75) is 62.4 Å². The predicted octanol–water partition coefficient (Wildman–Crippen LogP) is -1.21. The first-order chi connectivity index (χ1) is 15.0. The fourth-order valence-electron chi connectivity index (χ4n) is 3.53. The van der Waals surface area contributed by atoms with Gasteiger partial charge in [-0.15, -0.1) is 0 Å². The van der Waals surface area contributed by atoms with Crippen molar-refractivity contribution in [1.82, 2.24) is 0 Å². The molecular weight excluding hydrogens is 428 g/mol. The van der Waals surface area contributed by atoms with E-state index in [9.17, 15) is 35.4 Å². The molecule has 7 atom stereocenters. The quantitative estimate of drug-likeness (QED) is 0.275. The molecule has 11 heteroatoms. The molecular formula is C21H28O11. The molecule has 0 saturated carbocycles. The van der Waals surface area contributed by atoms with E-state index in [1.165, 1.54) is 45.2 Å². The summed E-state index contributed by atoms with van der Waals surface area (Å²) in [5.74, 6) is 0.143. The summed E-state index contributed by atoms with van der Waals surface area (Å²) >= 11 is 0. The van der Waals surface area contributed by atoms with E-state index in [-0.39, 0.29) is 16.9 Å². The molecule has 1 aromatic carbocycles. The van der Waals surface area contributed by atoms with Crippen molar-refractivity contribution in [2.75, 3.05) is 13.7 Å². The first kappa shape index (κ1) is 24.6. The molecule has 2 heterocycles. The number of aliphatic hydroxyl groups excluding tert-OH is 5. The molecule has 1 aromatic heterocycles. The van der Waals surface area contributed by atoms with Crippen LogP contribution in [-0.4, -0.2) is 86.8 Å². The third-order valence-corrected chi connectivity index (χ3v) is 5.42. The lowest BCUT2D eigenvalue weighted by atomic mass is 9.91. The molecule has 1 fully saturated rings. The minimum Gasteiger partial charge on any atom is -0.496 e. The van der Waals surface area contributed by atoms with E-state index < -0.39 is 60.7 Å². The van der Waals surface area contributed by atoms with E-state index in [0.717, 1.165) is 0 Å². The van der Waals surface area contributed by atoms with Gasteiger partial charge in [-0.05, 0) is 26.0 Å². The largest absolute Gasteiger partial charge is 0.496 e. The maximum Gasteiger partial charge on any atom is 0.336 e. The highest BCUT2D eigenvalue weighted by atomic mass is 16.7. The number of benzene rings is 1. The van der Waals surface area contributed by atoms with Gasteiger partial charge in [-0.3, -0.25) is 0 Å². The molecule has 0 radical (unpaired) electrons. The Morgan fingerprint density at radius 3 is 2.41 bits per heavy atom. The van der Waals surface area contributed by atoms with Gasteiger partial charge in [0.2, 0.25) is 0 Å². The molecule has 3 rings (SSSR count). The van der Waals surface area contributed by atoms with Gasteiger partial charge in [-0.25, -0.2) is 4.79 Å². The lowest BCUT2D eigenvalue weighted by molar-refractivity contribution is -0.322. The molecule has 32 heavy (non-hydrogen) atoms. The minimum atomic E-state index is -1.73. The second kappa shape index (κ2) is 9.41. The number of methoxy groups -OCH3 is 1. The van der Waals surface area contributed by atoms with Crippen LogP contribution in [0.25, 0.3) is 11.0 Å². The van der Waals surface area contributed by atoms with Crippen molar-refractivity contribution in [3.63, 3.8) is 0 Å². The molecule has 0 amide bonds. The smallest absolute Gasteiger partial charge is 0.336 e. The van der Waals surface area contributed by atoms with E-state index in [1.807, 2.05) is 0 Å². The van der Waals surface area contributed by atoms with Crippen molar-refractivity contribution in [2.24, 2.45) is 0 Å². The number of hydrogen-bond donors (Lipinski definition) is 6. The first-order valence-corrected chi connectivity index (χ1v) is 9.96. The SMILES string of the molecule is COc1cc2oc(=O)ccc2cc1[C@@H](O[C@@H]1O[C@H](CO)[C@@H](O)[C@H](O)[C@H]1O)[C@H](O)C(C)(C)O. The highest BCUT2D eigenvalue weighted by Crippen LogP contribution is 2.38. The highest BCUT2D eigenvalue weighted by molar-refractivity contribution is 5.79. The van der Waals surface area contributed by atoms with Crippen LogP contribution in [0.5, 0.6) is 5.75 Å². The summed E-state index contributed by atoms with van der Waals surface area (Å²) in [5, 5.41) is 61.7. The minimum absolute atomic E-state index is 0.143. The topological polar surface area (TPSA) is 179 Å². The van der Waals surface area contributed by atoms with Crippen LogP contribution in [-0.2, 0) is 9.47 Å². The number of ether oxygens (including phenoxy) is 3. The van der Waals surface area contributed by atoms with Gasteiger partial charge in [-0.2, -0.15) is 0 Å². The van der Waals surface area contributed by atoms with Crippen LogP contribution >= 0.6 is 0 Å². The van der Waals surface area contributed by atoms with Gasteiger partial charge in [0.05, 0.1) is 19.3 Å². The van der Waals surface area contributed by atoms with E-state index in [0.29, 0.717) is 5.39 Å². The van der Waals surface area contributed by atoms with Gasteiger partial charge in [-0.1, -0.05) is 0 Å². The van der Waals surface area contributed by atoms with Crippen LogP contribution < -0.4 is 10.4 Å².